The molecule has 0 spiro atoms. The van der Waals surface area contributed by atoms with Crippen LogP contribution in [0.4, 0.5) is 73.7 Å². The number of halogens is 8. The van der Waals surface area contributed by atoms with E-state index in [0.29, 0.717) is 79.9 Å². The van der Waals surface area contributed by atoms with Crippen molar-refractivity contribution in [3.05, 3.63) is 200 Å². The van der Waals surface area contributed by atoms with Crippen molar-refractivity contribution in [2.75, 3.05) is 138 Å². The number of nitrogens with zero attached hydrogens (tertiary/aromatic N) is 17. The van der Waals surface area contributed by atoms with Gasteiger partial charge >= 0.3 is 11.4 Å². The van der Waals surface area contributed by atoms with Crippen LogP contribution in [0.15, 0.2) is 135 Å². The van der Waals surface area contributed by atoms with Crippen molar-refractivity contribution in [2.24, 2.45) is 0 Å². The average molecular weight is 1800 g/mol. The Bertz CT molecular complexity index is 5750. The number of aryl methyl sites for hydroxylation is 1. The Balaban J connectivity index is 0.000000255. The van der Waals surface area contributed by atoms with Gasteiger partial charge in [0.2, 0.25) is 40.0 Å². The molecule has 125 heavy (non-hydrogen) atoms. The maximum atomic E-state index is 15.2. The van der Waals surface area contributed by atoms with E-state index in [1.807, 2.05) is 109 Å². The third kappa shape index (κ3) is 27.6. The van der Waals surface area contributed by atoms with Crippen LogP contribution in [0.3, 0.4) is 0 Å². The Hall–Kier alpha value is -13.2. The van der Waals surface area contributed by atoms with E-state index >= 15 is 4.39 Å². The quantitative estimate of drug-likeness (QED) is 0.00466. The zero-order valence-electron chi connectivity index (χ0n) is 72.1. The fourth-order valence-electron chi connectivity index (χ4n) is 11.5. The first-order valence-electron chi connectivity index (χ1n) is 37.7. The normalized spacial score (nSPS) is 10.7. The average Bonchev–Trinajstić information content (AvgIpc) is 1.66. The van der Waals surface area contributed by atoms with Gasteiger partial charge in [0.1, 0.15) is 39.0 Å². The van der Waals surface area contributed by atoms with Crippen molar-refractivity contribution in [3.63, 3.8) is 0 Å². The predicted octanol–water partition coefficient (Wildman–Crippen LogP) is 17.0. The minimum Gasteiger partial charge on any atom is -0.494 e. The number of nitrogens with two attached hydrogens (primary N) is 1. The number of likely N-dealkylation sites (N-methyl/N-ethyl adjacent to an activating group) is 4. The van der Waals surface area contributed by atoms with E-state index in [2.05, 4.69) is 108 Å². The zero-order chi connectivity index (χ0) is 93.0. The molecule has 0 fully saturated rings. The lowest BCUT2D eigenvalue weighted by Gasteiger charge is -2.26. The van der Waals surface area contributed by atoms with Gasteiger partial charge in [-0.3, -0.25) is 43.5 Å². The fourth-order valence-corrected chi connectivity index (χ4v) is 11.9. The summed E-state index contributed by atoms with van der Waals surface area (Å²) in [4.78, 5) is 85.1. The Morgan fingerprint density at radius 3 is 1.32 bits per heavy atom. The van der Waals surface area contributed by atoms with Gasteiger partial charge in [-0.25, -0.2) is 43.1 Å². The number of fused-ring (bicyclic) bond motifs is 3. The molecule has 0 saturated carbocycles. The second-order valence-corrected chi connectivity index (χ2v) is 28.9. The summed E-state index contributed by atoms with van der Waals surface area (Å²) in [5.41, 5.74) is 11.4. The number of anilines is 7. The molecule has 42 heteroatoms. The number of methoxy groups -OCH3 is 6. The minimum absolute atomic E-state index is 0.00429. The van der Waals surface area contributed by atoms with Gasteiger partial charge in [-0.05, 0) is 185 Å². The number of allylic oxidation sites excluding steroid dienone is 1. The number of imidazole rings is 3. The smallest absolute Gasteiger partial charge is 0.307 e. The van der Waals surface area contributed by atoms with E-state index in [-0.39, 0.29) is 86.9 Å². The lowest BCUT2D eigenvalue weighted by molar-refractivity contribution is -0.387. The monoisotopic (exact) mass is 1790 g/mol. The van der Waals surface area contributed by atoms with E-state index < -0.39 is 49.7 Å². The van der Waals surface area contributed by atoms with Crippen molar-refractivity contribution >= 4 is 131 Å². The van der Waals surface area contributed by atoms with Crippen molar-refractivity contribution in [1.29, 1.82) is 0 Å². The molecule has 6 N–H and O–H groups in total. The number of nitrogen functional groups attached to an aromatic ring is 1. The number of nitro groups is 2. The van der Waals surface area contributed by atoms with Crippen molar-refractivity contribution in [1.82, 2.24) is 73.7 Å². The number of ether oxygens (including phenoxy) is 6. The summed E-state index contributed by atoms with van der Waals surface area (Å²) >= 11 is 15.5. The van der Waals surface area contributed by atoms with Gasteiger partial charge in [0.15, 0.2) is 17.5 Å². The van der Waals surface area contributed by atoms with Gasteiger partial charge in [-0.1, -0.05) is 24.8 Å². The molecule has 0 saturated heterocycles. The number of rotatable bonds is 27. The van der Waals surface area contributed by atoms with Crippen LogP contribution in [-0.2, 0) is 9.59 Å². The van der Waals surface area contributed by atoms with Gasteiger partial charge in [0.25, 0.3) is 18.0 Å². The third-order valence-corrected chi connectivity index (χ3v) is 17.9. The van der Waals surface area contributed by atoms with E-state index in [9.17, 15) is 47.4 Å². The second-order valence-electron chi connectivity index (χ2n) is 27.8. The van der Waals surface area contributed by atoms with Crippen LogP contribution in [0.5, 0.6) is 35.3 Å². The van der Waals surface area contributed by atoms with Gasteiger partial charge in [-0.2, -0.15) is 23.7 Å². The molecule has 0 atom stereocenters. The number of carbonyl (C=O) groups is 2. The topological polar surface area (TPSA) is 390 Å². The molecule has 12 aromatic rings. The van der Waals surface area contributed by atoms with E-state index in [0.717, 1.165) is 66.7 Å². The maximum Gasteiger partial charge on any atom is 0.307 e. The minimum atomic E-state index is -1.04. The van der Waals surface area contributed by atoms with Crippen LogP contribution >= 0.6 is 34.8 Å². The molecule has 0 unspecified atom stereocenters. The van der Waals surface area contributed by atoms with Crippen molar-refractivity contribution in [2.45, 2.75) is 66.6 Å². The number of nitro benzene ring substituents is 2. The molecule has 6 aromatic carbocycles. The molecule has 0 aliphatic rings. The molecule has 0 bridgehead atoms. The van der Waals surface area contributed by atoms with Crippen LogP contribution in [-0.4, -0.2) is 200 Å². The highest BCUT2D eigenvalue weighted by Crippen LogP contribution is 2.41. The lowest BCUT2D eigenvalue weighted by atomic mass is 10.1. The summed E-state index contributed by atoms with van der Waals surface area (Å²) < 4.78 is 107. The Labute approximate surface area is 732 Å². The number of amides is 1. The van der Waals surface area contributed by atoms with Crippen LogP contribution in [0, 0.1) is 56.2 Å². The van der Waals surface area contributed by atoms with Crippen molar-refractivity contribution in [3.8, 4) is 57.8 Å². The van der Waals surface area contributed by atoms with Gasteiger partial charge in [0, 0.05) is 111 Å². The molecule has 0 radical (unpaired) electrons. The van der Waals surface area contributed by atoms with E-state index in [4.69, 9.17) is 64.2 Å². The van der Waals surface area contributed by atoms with Crippen LogP contribution in [0.2, 0.25) is 10.4 Å². The second kappa shape index (κ2) is 47.4. The van der Waals surface area contributed by atoms with E-state index in [1.165, 1.54) is 65.1 Å². The van der Waals surface area contributed by atoms with Crippen LogP contribution in [0.25, 0.3) is 55.6 Å². The number of hydrogen-bond acceptors (Lipinski definition) is 28. The van der Waals surface area contributed by atoms with Crippen LogP contribution < -0.4 is 60.3 Å². The highest BCUT2D eigenvalue weighted by molar-refractivity contribution is 6.66. The molecule has 6 aromatic heterocycles. The summed E-state index contributed by atoms with van der Waals surface area (Å²) in [7, 11) is 20.7. The number of benzene rings is 6. The van der Waals surface area contributed by atoms with Crippen molar-refractivity contribution < 1.29 is 69.8 Å². The lowest BCUT2D eigenvalue weighted by Crippen LogP contribution is -2.29. The van der Waals surface area contributed by atoms with Gasteiger partial charge in [0.05, 0.1) is 109 Å². The Morgan fingerprint density at radius 1 is 0.528 bits per heavy atom. The summed E-state index contributed by atoms with van der Waals surface area (Å²) in [5.74, 6) is -2.73. The Morgan fingerprint density at radius 2 is 0.944 bits per heavy atom. The summed E-state index contributed by atoms with van der Waals surface area (Å²) in [6, 6.07) is 23.0. The first-order chi connectivity index (χ1) is 59.2. The standard InChI is InChI=1S/C30H37FN8O3.C22H20F2N6O4.C12H15FN2O.C7H7FN2O3.C5H14N2.C4H2Cl2N2.C3H3ClO/c1-9-27(40)33-22-16-23(26(41-7)17-24(22)38(6)13-12-37(4)5)35-29-32-11-10-21(34-29)19-14-20(31)28-25(15-19)39(18(2)3)30(36-28)42-8;1-11(2)29-18-8-12(7-14(24)20(18)28-22(29)34-4)15-5-6-25-21(26-15)27-16-10-17(30(31)32)13(23)9-19(16)33-3;1-7(2)15-10-6-8(3)5-9(13)11(10)14-12(15)16-4;1-13-7-2-4(8)6(10(11)12)3-5(7)9;1-6-4-5-7(2)3;5-3-1-2-7-4(6)8-3;1-2-3(4)5/h9-11,14-18H,1,12-13H2,2-8H3,(H,33,40)(H,32,34,35);5-11H,1-4H3,(H,25,26,27);5-7H,1-4H3;2-3H,9H2,1H3;6H,4-5H2,1-3H3;1-2H;2H,1H2. The predicted molar refractivity (Wildman–Crippen MR) is 476 cm³/mol. The number of aromatic nitrogens is 12. The number of carbonyl (C=O) groups excluding carboxylic acids is 2. The van der Waals surface area contributed by atoms with Crippen LogP contribution in [0.1, 0.15) is 65.2 Å². The van der Waals surface area contributed by atoms with E-state index in [1.54, 1.807) is 55.3 Å². The fraction of sp³-hybridized carbons (Fsp3) is 0.313. The highest BCUT2D eigenvalue weighted by atomic mass is 35.5. The largest absolute Gasteiger partial charge is 0.494 e. The summed E-state index contributed by atoms with van der Waals surface area (Å²) in [6.45, 7) is 24.1. The van der Waals surface area contributed by atoms with Gasteiger partial charge in [-0.15, -0.1) is 0 Å². The molecule has 1 amide bonds. The molecule has 0 aliphatic carbocycles. The highest BCUT2D eigenvalue weighted by Gasteiger charge is 2.26. The number of nitrogens with one attached hydrogen (secondary N) is 4. The SMILES string of the molecule is C=CC(=O)Cl.C=CC(=O)Nc1cc(Nc2nccc(-c3cc(F)c4nc(OC)n(C(C)C)c4c3)n2)c(OC)cc1N(C)CCN(C)C.CNCCN(C)C.COc1cc(F)c([N+](=O)[O-])cc1N.COc1cc(F)c([N+](=O)[O-])cc1Nc1nccc(-c2cc(F)c3nc(OC)n(C(C)C)c3c2)n1.COc1nc2c(F)cc(C)cc2n1C(C)C.Clc1ccnc(Cl)n1. The molecular formula is C83H98Cl3F5N22O12. The first-order valence-corrected chi connectivity index (χ1v) is 38.9. The number of hydrogen-bond donors (Lipinski definition) is 5. The molecule has 12 rings (SSSR count). The summed E-state index contributed by atoms with van der Waals surface area (Å²) in [6.07, 6.45) is 6.78. The van der Waals surface area contributed by atoms with Gasteiger partial charge < -0.3 is 70.1 Å². The first kappa shape index (κ1) is 101. The summed E-state index contributed by atoms with van der Waals surface area (Å²) in [5, 5.41) is 33.3. The Kier molecular flexibility index (Phi) is 38.2. The molecule has 0 aliphatic heterocycles. The third-order valence-electron chi connectivity index (χ3n) is 17.4. The molecule has 6 heterocycles. The maximum absolute atomic E-state index is 15.2. The molecule has 668 valence electrons. The zero-order valence-corrected chi connectivity index (χ0v) is 74.4. The molecule has 34 nitrogen and oxygen atoms in total. The molecular weight excluding hydrogens is 1700 g/mol.